The molecule has 0 aliphatic carbocycles. The van der Waals surface area contributed by atoms with E-state index in [1.165, 1.54) is 33.2 Å². The highest BCUT2D eigenvalue weighted by molar-refractivity contribution is 7.12. The van der Waals surface area contributed by atoms with Gasteiger partial charge in [-0.2, -0.15) is 0 Å². The second-order valence-electron chi connectivity index (χ2n) is 7.37. The molecule has 1 unspecified atom stereocenters. The molecule has 166 valence electrons. The zero-order valence-corrected chi connectivity index (χ0v) is 19.0. The summed E-state index contributed by atoms with van der Waals surface area (Å²) in [5, 5.41) is 3.85. The Morgan fingerprint density at radius 3 is 2.84 bits per heavy atom. The van der Waals surface area contributed by atoms with Gasteiger partial charge in [-0.25, -0.2) is 4.39 Å². The average molecular weight is 471 g/mol. The number of ether oxygens (including phenoxy) is 1. The molecule has 3 aromatic rings. The van der Waals surface area contributed by atoms with Gasteiger partial charge in [0.2, 0.25) is 5.91 Å². The molecule has 0 N–H and O–H groups in total. The molecule has 0 radical (unpaired) electrons. The van der Waals surface area contributed by atoms with E-state index in [9.17, 15) is 14.0 Å². The minimum atomic E-state index is -0.373. The van der Waals surface area contributed by atoms with Crippen LogP contribution in [0.5, 0.6) is 5.75 Å². The number of amides is 2. The van der Waals surface area contributed by atoms with Gasteiger partial charge >= 0.3 is 0 Å². The summed E-state index contributed by atoms with van der Waals surface area (Å²) in [6.07, 6.45) is 2.38. The lowest BCUT2D eigenvalue weighted by Crippen LogP contribution is -2.47. The predicted octanol–water partition coefficient (Wildman–Crippen LogP) is 4.78. The third kappa shape index (κ3) is 4.92. The number of halogens is 1. The van der Waals surface area contributed by atoms with Crippen molar-refractivity contribution in [1.29, 1.82) is 0 Å². The molecule has 1 atom stereocenters. The Bertz CT molecular complexity index is 1100. The molecule has 0 saturated heterocycles. The largest absolute Gasteiger partial charge is 0.491 e. The quantitative estimate of drug-likeness (QED) is 0.445. The van der Waals surface area contributed by atoms with E-state index >= 15 is 0 Å². The fraction of sp³-hybridized carbons (Fsp3) is 0.250. The van der Waals surface area contributed by atoms with Gasteiger partial charge in [-0.15, -0.1) is 29.3 Å². The first kappa shape index (κ1) is 22.2. The molecule has 3 heterocycles. The van der Waals surface area contributed by atoms with Crippen molar-refractivity contribution in [1.82, 2.24) is 9.80 Å². The minimum Gasteiger partial charge on any atom is -0.491 e. The molecule has 32 heavy (non-hydrogen) atoms. The maximum Gasteiger partial charge on any atom is 0.264 e. The average Bonchev–Trinajstić information content (AvgIpc) is 3.48. The van der Waals surface area contributed by atoms with Crippen molar-refractivity contribution in [3.05, 3.63) is 87.0 Å². The van der Waals surface area contributed by atoms with Crippen LogP contribution in [-0.4, -0.2) is 47.9 Å². The second kappa shape index (κ2) is 10.1. The molecule has 1 aliphatic heterocycles. The monoisotopic (exact) mass is 470 g/mol. The van der Waals surface area contributed by atoms with Crippen LogP contribution in [-0.2, 0) is 11.2 Å². The fourth-order valence-corrected chi connectivity index (χ4v) is 5.41. The highest BCUT2D eigenvalue weighted by Crippen LogP contribution is 2.34. The van der Waals surface area contributed by atoms with Crippen molar-refractivity contribution in [2.24, 2.45) is 0 Å². The number of rotatable bonds is 8. The highest BCUT2D eigenvalue weighted by Gasteiger charge is 2.33. The van der Waals surface area contributed by atoms with E-state index in [2.05, 4.69) is 6.58 Å². The molecule has 0 bridgehead atoms. The van der Waals surface area contributed by atoms with Crippen LogP contribution in [0.3, 0.4) is 0 Å². The van der Waals surface area contributed by atoms with E-state index in [1.807, 2.05) is 22.9 Å². The molecule has 4 rings (SSSR count). The molecule has 1 aliphatic rings. The first-order valence-electron chi connectivity index (χ1n) is 10.2. The minimum absolute atomic E-state index is 0.0430. The molecule has 5 nitrogen and oxygen atoms in total. The smallest absolute Gasteiger partial charge is 0.264 e. The van der Waals surface area contributed by atoms with Crippen LogP contribution in [0.1, 0.15) is 26.2 Å². The maximum atomic E-state index is 13.5. The van der Waals surface area contributed by atoms with Crippen molar-refractivity contribution in [2.45, 2.75) is 12.5 Å². The zero-order valence-electron chi connectivity index (χ0n) is 17.4. The van der Waals surface area contributed by atoms with Gasteiger partial charge in [0.25, 0.3) is 5.91 Å². The Kier molecular flexibility index (Phi) is 7.02. The lowest BCUT2D eigenvalue weighted by Gasteiger charge is -2.37. The van der Waals surface area contributed by atoms with Crippen LogP contribution in [0.25, 0.3) is 0 Å². The van der Waals surface area contributed by atoms with E-state index in [-0.39, 0.29) is 43.4 Å². The van der Waals surface area contributed by atoms with E-state index < -0.39 is 0 Å². The standard InChI is InChI=1S/C24H23FN2O3S2/c1-2-10-26(24(29)22-7-4-12-31-22)15-23(28)27-11-8-21-19(9-13-32-21)20(27)16-30-18-6-3-5-17(25)14-18/h2-7,9,12-14,20H,1,8,10-11,15-16H2. The summed E-state index contributed by atoms with van der Waals surface area (Å²) in [7, 11) is 0. The highest BCUT2D eigenvalue weighted by atomic mass is 32.1. The number of hydrogen-bond donors (Lipinski definition) is 0. The summed E-state index contributed by atoms with van der Waals surface area (Å²) in [4.78, 5) is 31.3. The molecule has 2 amide bonds. The Morgan fingerprint density at radius 1 is 1.22 bits per heavy atom. The second-order valence-corrected chi connectivity index (χ2v) is 9.32. The van der Waals surface area contributed by atoms with Gasteiger partial charge in [-0.1, -0.05) is 18.2 Å². The van der Waals surface area contributed by atoms with Gasteiger partial charge in [-0.05, 0) is 47.0 Å². The number of carbonyl (C=O) groups is 2. The Labute approximate surface area is 194 Å². The van der Waals surface area contributed by atoms with Crippen molar-refractivity contribution in [2.75, 3.05) is 26.2 Å². The number of fused-ring (bicyclic) bond motifs is 1. The van der Waals surface area contributed by atoms with Gasteiger partial charge in [0.15, 0.2) is 0 Å². The number of thiophene rings is 2. The summed E-state index contributed by atoms with van der Waals surface area (Å²) in [5.41, 5.74) is 1.05. The van der Waals surface area contributed by atoms with Crippen molar-refractivity contribution in [3.63, 3.8) is 0 Å². The van der Waals surface area contributed by atoms with Crippen molar-refractivity contribution >= 4 is 34.5 Å². The van der Waals surface area contributed by atoms with Crippen LogP contribution in [0.2, 0.25) is 0 Å². The third-order valence-electron chi connectivity index (χ3n) is 5.31. The van der Waals surface area contributed by atoms with Gasteiger partial charge in [0.05, 0.1) is 10.9 Å². The molecule has 8 heteroatoms. The maximum absolute atomic E-state index is 13.5. The topological polar surface area (TPSA) is 49.9 Å². The molecule has 1 aromatic carbocycles. The van der Waals surface area contributed by atoms with Gasteiger partial charge in [0, 0.05) is 24.0 Å². The summed E-state index contributed by atoms with van der Waals surface area (Å²) in [6, 6.07) is 11.2. The van der Waals surface area contributed by atoms with E-state index in [0.29, 0.717) is 17.2 Å². The van der Waals surface area contributed by atoms with Crippen LogP contribution in [0.4, 0.5) is 4.39 Å². The molecular formula is C24H23FN2O3S2. The Balaban J connectivity index is 1.52. The third-order valence-corrected chi connectivity index (χ3v) is 7.17. The molecular weight excluding hydrogens is 447 g/mol. The van der Waals surface area contributed by atoms with E-state index in [4.69, 9.17) is 4.74 Å². The molecule has 2 aromatic heterocycles. The van der Waals surface area contributed by atoms with Crippen molar-refractivity contribution < 1.29 is 18.7 Å². The SMILES string of the molecule is C=CCN(CC(=O)N1CCc2sccc2C1COc1cccc(F)c1)C(=O)c1cccs1. The normalized spacial score (nSPS) is 15.2. The molecule has 0 spiro atoms. The first-order valence-corrected chi connectivity index (χ1v) is 12.0. The first-order chi connectivity index (χ1) is 15.6. The predicted molar refractivity (Wildman–Crippen MR) is 125 cm³/mol. The van der Waals surface area contributed by atoms with E-state index in [1.54, 1.807) is 40.5 Å². The van der Waals surface area contributed by atoms with E-state index in [0.717, 1.165) is 12.0 Å². The fourth-order valence-electron chi connectivity index (χ4n) is 3.79. The summed E-state index contributed by atoms with van der Waals surface area (Å²) in [5.74, 6) is -0.293. The number of nitrogens with zero attached hydrogens (tertiary/aromatic N) is 2. The van der Waals surface area contributed by atoms with Crippen LogP contribution >= 0.6 is 22.7 Å². The number of hydrogen-bond acceptors (Lipinski definition) is 5. The lowest BCUT2D eigenvalue weighted by atomic mass is 10.0. The summed E-state index contributed by atoms with van der Waals surface area (Å²) >= 11 is 3.01. The lowest BCUT2D eigenvalue weighted by molar-refractivity contribution is -0.135. The van der Waals surface area contributed by atoms with Crippen molar-refractivity contribution in [3.8, 4) is 5.75 Å². The summed E-state index contributed by atoms with van der Waals surface area (Å²) < 4.78 is 19.4. The van der Waals surface area contributed by atoms with Gasteiger partial charge in [-0.3, -0.25) is 9.59 Å². The zero-order chi connectivity index (χ0) is 22.5. The van der Waals surface area contributed by atoms with Gasteiger partial charge in [0.1, 0.15) is 24.7 Å². The number of benzene rings is 1. The molecule has 0 saturated carbocycles. The Morgan fingerprint density at radius 2 is 2.09 bits per heavy atom. The molecule has 0 fully saturated rings. The summed E-state index contributed by atoms with van der Waals surface area (Å²) in [6.45, 7) is 4.71. The van der Waals surface area contributed by atoms with Crippen LogP contribution in [0.15, 0.2) is 65.9 Å². The van der Waals surface area contributed by atoms with Gasteiger partial charge < -0.3 is 14.5 Å². The van der Waals surface area contributed by atoms with Crippen LogP contribution in [0, 0.1) is 5.82 Å². The number of carbonyl (C=O) groups excluding carboxylic acids is 2. The Hall–Kier alpha value is -2.97. The van der Waals surface area contributed by atoms with Crippen LogP contribution < -0.4 is 4.74 Å².